The lowest BCUT2D eigenvalue weighted by molar-refractivity contribution is -0.137. The number of para-hydroxylation sites is 2. The predicted octanol–water partition coefficient (Wildman–Crippen LogP) is 11.4. The maximum Gasteiger partial charge on any atom is 0.416 e. The molecule has 2 heterocycles. The van der Waals surface area contributed by atoms with Gasteiger partial charge in [-0.1, -0.05) is 66.7 Å². The highest BCUT2D eigenvalue weighted by atomic mass is 19.4. The van der Waals surface area contributed by atoms with Crippen LogP contribution in [-0.4, -0.2) is 9.13 Å². The largest absolute Gasteiger partial charge is 0.416 e. The Morgan fingerprint density at radius 3 is 1.57 bits per heavy atom. The van der Waals surface area contributed by atoms with Gasteiger partial charge >= 0.3 is 6.18 Å². The molecule has 0 aliphatic heterocycles. The number of fused-ring (bicyclic) bond motifs is 6. The zero-order valence-corrected chi connectivity index (χ0v) is 25.9. The Balaban J connectivity index is 1.58. The van der Waals surface area contributed by atoms with Crippen molar-refractivity contribution in [2.45, 2.75) is 26.9 Å². The van der Waals surface area contributed by atoms with Gasteiger partial charge in [-0.25, -0.2) is 0 Å². The van der Waals surface area contributed by atoms with Crippen LogP contribution in [0.3, 0.4) is 0 Å². The summed E-state index contributed by atoms with van der Waals surface area (Å²) in [5.74, 6) is 0. The molecule has 47 heavy (non-hydrogen) atoms. The lowest BCUT2D eigenvalue weighted by atomic mass is 9.95. The van der Waals surface area contributed by atoms with E-state index in [0.29, 0.717) is 16.7 Å². The molecule has 0 fully saturated rings. The SMILES string of the molecule is Cc1cc(-c2cc(-n3c4ccccc4c4ccc(C)cc43)c(-n3c4ccccc4c4ccc(C)cc43)cc2C#N)cc(C(F)(F)F)c1. The Kier molecular flexibility index (Phi) is 6.32. The third-order valence-corrected chi connectivity index (χ3v) is 9.09. The summed E-state index contributed by atoms with van der Waals surface area (Å²) in [7, 11) is 0. The summed E-state index contributed by atoms with van der Waals surface area (Å²) < 4.78 is 46.5. The van der Waals surface area contributed by atoms with Crippen molar-refractivity contribution in [3.05, 3.63) is 143 Å². The molecule has 228 valence electrons. The van der Waals surface area contributed by atoms with Crippen LogP contribution in [0, 0.1) is 32.1 Å². The van der Waals surface area contributed by atoms with E-state index < -0.39 is 11.7 Å². The van der Waals surface area contributed by atoms with Crippen molar-refractivity contribution in [2.75, 3.05) is 0 Å². The second-order valence-corrected chi connectivity index (χ2v) is 12.3. The fourth-order valence-electron chi connectivity index (χ4n) is 7.05. The fraction of sp³-hybridized carbons (Fsp3) is 0.0976. The molecule has 0 atom stereocenters. The van der Waals surface area contributed by atoms with Gasteiger partial charge in [0.15, 0.2) is 0 Å². The third-order valence-electron chi connectivity index (χ3n) is 9.09. The fourth-order valence-corrected chi connectivity index (χ4v) is 7.05. The lowest BCUT2D eigenvalue weighted by Gasteiger charge is -2.20. The molecule has 0 aliphatic carbocycles. The van der Waals surface area contributed by atoms with Gasteiger partial charge in [0.25, 0.3) is 0 Å². The van der Waals surface area contributed by atoms with Crippen molar-refractivity contribution in [1.29, 1.82) is 5.26 Å². The zero-order chi connectivity index (χ0) is 32.6. The first-order valence-electron chi connectivity index (χ1n) is 15.4. The van der Waals surface area contributed by atoms with E-state index in [1.165, 1.54) is 0 Å². The van der Waals surface area contributed by atoms with Gasteiger partial charge in [0.1, 0.15) is 0 Å². The van der Waals surface area contributed by atoms with Crippen molar-refractivity contribution in [3.63, 3.8) is 0 Å². The molecule has 0 amide bonds. The number of hydrogen-bond acceptors (Lipinski definition) is 1. The Hall–Kier alpha value is -5.80. The number of nitriles is 1. The van der Waals surface area contributed by atoms with E-state index in [0.717, 1.165) is 78.2 Å². The summed E-state index contributed by atoms with van der Waals surface area (Å²) in [4.78, 5) is 0. The number of aromatic nitrogens is 2. The lowest BCUT2D eigenvalue weighted by Crippen LogP contribution is -2.07. The van der Waals surface area contributed by atoms with Crippen LogP contribution < -0.4 is 0 Å². The summed E-state index contributed by atoms with van der Waals surface area (Å²) in [6, 6.07) is 39.1. The maximum absolute atomic E-state index is 14.0. The summed E-state index contributed by atoms with van der Waals surface area (Å²) in [6.45, 7) is 5.75. The minimum Gasteiger partial charge on any atom is -0.307 e. The van der Waals surface area contributed by atoms with Gasteiger partial charge in [-0.15, -0.1) is 0 Å². The van der Waals surface area contributed by atoms with E-state index in [1.807, 2.05) is 43.3 Å². The average Bonchev–Trinajstić information content (AvgIpc) is 3.55. The molecule has 6 aromatic carbocycles. The standard InChI is InChI=1S/C41H28F3N3/c1-24-12-14-32-30-8-4-6-10-35(30)46(37(32)18-24)39-21-28(23-45)34(27-16-26(3)17-29(20-27)41(42,43)44)22-40(39)47-36-11-7-5-9-31(36)33-15-13-25(2)19-38(33)47/h4-22H,1-3H3. The highest BCUT2D eigenvalue weighted by Gasteiger charge is 2.31. The third kappa shape index (κ3) is 4.50. The number of nitrogens with zero attached hydrogens (tertiary/aromatic N) is 3. The van der Waals surface area contributed by atoms with Crippen LogP contribution in [0.5, 0.6) is 0 Å². The first-order chi connectivity index (χ1) is 22.6. The van der Waals surface area contributed by atoms with E-state index in [-0.39, 0.29) is 5.56 Å². The molecule has 0 saturated carbocycles. The molecule has 0 N–H and O–H groups in total. The first kappa shape index (κ1) is 28.7. The molecule has 0 aliphatic rings. The van der Waals surface area contributed by atoms with Crippen molar-refractivity contribution >= 4 is 43.6 Å². The summed E-state index contributed by atoms with van der Waals surface area (Å²) in [5, 5.41) is 14.9. The summed E-state index contributed by atoms with van der Waals surface area (Å²) >= 11 is 0. The van der Waals surface area contributed by atoms with Gasteiger partial charge in [-0.05, 0) is 91.6 Å². The monoisotopic (exact) mass is 619 g/mol. The number of aryl methyl sites for hydroxylation is 3. The van der Waals surface area contributed by atoms with Crippen molar-refractivity contribution < 1.29 is 13.2 Å². The quantitative estimate of drug-likeness (QED) is 0.194. The predicted molar refractivity (Wildman–Crippen MR) is 184 cm³/mol. The van der Waals surface area contributed by atoms with Gasteiger partial charge in [0, 0.05) is 27.1 Å². The Morgan fingerprint density at radius 2 is 1.04 bits per heavy atom. The minimum absolute atomic E-state index is 0.290. The number of hydrogen-bond donors (Lipinski definition) is 0. The highest BCUT2D eigenvalue weighted by Crippen LogP contribution is 2.42. The van der Waals surface area contributed by atoms with E-state index in [9.17, 15) is 18.4 Å². The number of rotatable bonds is 3. The zero-order valence-electron chi connectivity index (χ0n) is 25.9. The van der Waals surface area contributed by atoms with Gasteiger partial charge in [0.05, 0.1) is 50.6 Å². The molecule has 0 radical (unpaired) electrons. The van der Waals surface area contributed by atoms with Gasteiger partial charge < -0.3 is 9.13 Å². The van der Waals surface area contributed by atoms with Crippen molar-refractivity contribution in [1.82, 2.24) is 9.13 Å². The van der Waals surface area contributed by atoms with E-state index in [2.05, 4.69) is 82.8 Å². The molecule has 8 aromatic rings. The van der Waals surface area contributed by atoms with Crippen LogP contribution in [0.4, 0.5) is 13.2 Å². The molecule has 3 nitrogen and oxygen atoms in total. The molecule has 8 rings (SSSR count). The first-order valence-corrected chi connectivity index (χ1v) is 15.4. The molecule has 6 heteroatoms. The normalized spacial score (nSPS) is 12.0. The van der Waals surface area contributed by atoms with E-state index in [4.69, 9.17) is 0 Å². The summed E-state index contributed by atoms with van der Waals surface area (Å²) in [6.07, 6.45) is -4.53. The molecular formula is C41H28F3N3. The topological polar surface area (TPSA) is 33.6 Å². The van der Waals surface area contributed by atoms with Crippen LogP contribution in [0.15, 0.2) is 115 Å². The van der Waals surface area contributed by atoms with Gasteiger partial charge in [0.2, 0.25) is 0 Å². The summed E-state index contributed by atoms with van der Waals surface area (Å²) in [5.41, 5.74) is 8.37. The molecule has 0 unspecified atom stereocenters. The van der Waals surface area contributed by atoms with Crippen LogP contribution in [0.2, 0.25) is 0 Å². The van der Waals surface area contributed by atoms with E-state index in [1.54, 1.807) is 13.0 Å². The number of halogens is 3. The molecule has 0 saturated heterocycles. The van der Waals surface area contributed by atoms with Gasteiger partial charge in [-0.3, -0.25) is 0 Å². The number of alkyl halides is 3. The Bertz CT molecular complexity index is 2610. The smallest absolute Gasteiger partial charge is 0.307 e. The van der Waals surface area contributed by atoms with Crippen LogP contribution >= 0.6 is 0 Å². The maximum atomic E-state index is 14.0. The van der Waals surface area contributed by atoms with E-state index >= 15 is 0 Å². The average molecular weight is 620 g/mol. The molecule has 2 aromatic heterocycles. The van der Waals surface area contributed by atoms with Crippen LogP contribution in [0.25, 0.3) is 66.1 Å². The van der Waals surface area contributed by atoms with Crippen molar-refractivity contribution in [2.24, 2.45) is 0 Å². The molecule has 0 bridgehead atoms. The Morgan fingerprint density at radius 1 is 0.532 bits per heavy atom. The Labute approximate surface area is 269 Å². The minimum atomic E-state index is -4.53. The molecule has 0 spiro atoms. The number of benzene rings is 6. The second kappa shape index (κ2) is 10.4. The van der Waals surface area contributed by atoms with Gasteiger partial charge in [-0.2, -0.15) is 18.4 Å². The van der Waals surface area contributed by atoms with Crippen LogP contribution in [-0.2, 0) is 6.18 Å². The highest BCUT2D eigenvalue weighted by molar-refractivity contribution is 6.12. The van der Waals surface area contributed by atoms with Crippen molar-refractivity contribution in [3.8, 4) is 28.6 Å². The van der Waals surface area contributed by atoms with Crippen LogP contribution in [0.1, 0.15) is 27.8 Å². The second-order valence-electron chi connectivity index (χ2n) is 12.3. The molecular weight excluding hydrogens is 591 g/mol.